The van der Waals surface area contributed by atoms with E-state index in [1.165, 1.54) is 32.1 Å². The second-order valence-corrected chi connectivity index (χ2v) is 6.19. The molecule has 0 nitrogen and oxygen atoms in total. The van der Waals surface area contributed by atoms with Crippen LogP contribution in [-0.2, 0) is 0 Å². The molecule has 0 N–H and O–H groups in total. The maximum atomic E-state index is 2.55. The minimum absolute atomic E-state index is 0.607. The van der Waals surface area contributed by atoms with Crippen molar-refractivity contribution in [2.75, 3.05) is 0 Å². The zero-order valence-corrected chi connectivity index (χ0v) is 10.8. The van der Waals surface area contributed by atoms with E-state index in [1.807, 2.05) is 0 Å². The highest BCUT2D eigenvalue weighted by Crippen LogP contribution is 2.54. The van der Waals surface area contributed by atoms with Crippen molar-refractivity contribution < 1.29 is 0 Å². The van der Waals surface area contributed by atoms with Crippen LogP contribution < -0.4 is 0 Å². The lowest BCUT2D eigenvalue weighted by molar-refractivity contribution is 0.00666. The van der Waals surface area contributed by atoms with Crippen LogP contribution in [0.2, 0.25) is 0 Å². The predicted octanol–water partition coefficient (Wildman–Crippen LogP) is 4.81. The van der Waals surface area contributed by atoms with Gasteiger partial charge in [0.05, 0.1) is 0 Å². The molecule has 0 aromatic carbocycles. The summed E-state index contributed by atoms with van der Waals surface area (Å²) in [7, 11) is 0. The number of hydrogen-bond donors (Lipinski definition) is 0. The third-order valence-corrected chi connectivity index (χ3v) is 5.48. The third-order valence-electron chi connectivity index (χ3n) is 5.48. The highest BCUT2D eigenvalue weighted by atomic mass is 14.5. The molecule has 0 radical (unpaired) electrons. The van der Waals surface area contributed by atoms with Crippen LogP contribution in [0.4, 0.5) is 0 Å². The van der Waals surface area contributed by atoms with Crippen LogP contribution in [0.1, 0.15) is 59.8 Å². The molecule has 0 aromatic heterocycles. The monoisotopic (exact) mass is 206 g/mol. The van der Waals surface area contributed by atoms with Crippen molar-refractivity contribution in [3.8, 4) is 0 Å². The average Bonchev–Trinajstić information content (AvgIpc) is 2.24. The summed E-state index contributed by atoms with van der Waals surface area (Å²) in [6.45, 7) is 9.81. The quantitative estimate of drug-likeness (QED) is 0.540. The van der Waals surface area contributed by atoms with Crippen molar-refractivity contribution in [1.29, 1.82) is 0 Å². The van der Waals surface area contributed by atoms with Gasteiger partial charge in [-0.25, -0.2) is 0 Å². The van der Waals surface area contributed by atoms with Gasteiger partial charge in [-0.3, -0.25) is 0 Å². The van der Waals surface area contributed by atoms with Gasteiger partial charge in [0, 0.05) is 0 Å². The Labute approximate surface area is 95.1 Å². The van der Waals surface area contributed by atoms with Crippen molar-refractivity contribution in [2.24, 2.45) is 23.2 Å². The Morgan fingerprint density at radius 2 is 2.07 bits per heavy atom. The first kappa shape index (κ1) is 11.2. The van der Waals surface area contributed by atoms with E-state index in [9.17, 15) is 0 Å². The molecule has 86 valence electrons. The smallest absolute Gasteiger partial charge is 0.0232 e. The Morgan fingerprint density at radius 1 is 1.33 bits per heavy atom. The van der Waals surface area contributed by atoms with E-state index in [2.05, 4.69) is 33.8 Å². The Balaban J connectivity index is 2.25. The minimum atomic E-state index is 0.607. The second kappa shape index (κ2) is 3.96. The summed E-state index contributed by atoms with van der Waals surface area (Å²) < 4.78 is 0. The molecular weight excluding hydrogens is 180 g/mol. The summed E-state index contributed by atoms with van der Waals surface area (Å²) in [6.07, 6.45) is 9.45. The van der Waals surface area contributed by atoms with Gasteiger partial charge in [0.1, 0.15) is 0 Å². The van der Waals surface area contributed by atoms with Crippen molar-refractivity contribution >= 4 is 0 Å². The molecule has 2 aliphatic rings. The van der Waals surface area contributed by atoms with Gasteiger partial charge >= 0.3 is 0 Å². The molecule has 0 heteroatoms. The summed E-state index contributed by atoms with van der Waals surface area (Å²) in [6, 6.07) is 0. The van der Waals surface area contributed by atoms with Gasteiger partial charge in [-0.1, -0.05) is 45.8 Å². The molecule has 1 fully saturated rings. The van der Waals surface area contributed by atoms with Crippen LogP contribution in [-0.4, -0.2) is 0 Å². The number of hydrogen-bond acceptors (Lipinski definition) is 0. The second-order valence-electron chi connectivity index (χ2n) is 6.19. The summed E-state index contributed by atoms with van der Waals surface area (Å²) in [5.41, 5.74) is 2.33. The van der Waals surface area contributed by atoms with Crippen molar-refractivity contribution in [1.82, 2.24) is 0 Å². The largest absolute Gasteiger partial charge is 0.0848 e. The lowest BCUT2D eigenvalue weighted by Crippen LogP contribution is -2.43. The van der Waals surface area contributed by atoms with Crippen LogP contribution in [0.25, 0.3) is 0 Å². The maximum Gasteiger partial charge on any atom is -0.0232 e. The number of rotatable bonds is 1. The fraction of sp³-hybridized carbons (Fsp3) is 0.867. The first-order valence-electron chi connectivity index (χ1n) is 6.75. The molecule has 0 bridgehead atoms. The molecule has 4 unspecified atom stereocenters. The Hall–Kier alpha value is -0.260. The predicted molar refractivity (Wildman–Crippen MR) is 66.8 cm³/mol. The van der Waals surface area contributed by atoms with Gasteiger partial charge in [0.2, 0.25) is 0 Å². The van der Waals surface area contributed by atoms with Crippen molar-refractivity contribution in [3.05, 3.63) is 11.6 Å². The van der Waals surface area contributed by atoms with E-state index in [0.717, 1.165) is 17.8 Å². The maximum absolute atomic E-state index is 2.55. The van der Waals surface area contributed by atoms with Gasteiger partial charge in [-0.05, 0) is 48.9 Å². The Kier molecular flexibility index (Phi) is 2.96. The van der Waals surface area contributed by atoms with E-state index in [0.29, 0.717) is 5.41 Å². The summed E-state index contributed by atoms with van der Waals surface area (Å²) >= 11 is 0. The average molecular weight is 206 g/mol. The summed E-state index contributed by atoms with van der Waals surface area (Å²) in [5.74, 6) is 2.83. The van der Waals surface area contributed by atoms with Crippen LogP contribution in [0.3, 0.4) is 0 Å². The first-order valence-corrected chi connectivity index (χ1v) is 6.75. The van der Waals surface area contributed by atoms with Crippen molar-refractivity contribution in [3.63, 3.8) is 0 Å². The Bertz CT molecular complexity index is 263. The van der Waals surface area contributed by atoms with Gasteiger partial charge in [-0.15, -0.1) is 0 Å². The highest BCUT2D eigenvalue weighted by Gasteiger charge is 2.45. The molecule has 0 aromatic rings. The zero-order valence-electron chi connectivity index (χ0n) is 10.8. The molecule has 1 saturated carbocycles. The normalized spacial score (nSPS) is 45.9. The number of allylic oxidation sites excluding steroid dienone is 2. The van der Waals surface area contributed by atoms with Gasteiger partial charge in [0.15, 0.2) is 0 Å². The zero-order chi connectivity index (χ0) is 11.1. The van der Waals surface area contributed by atoms with E-state index in [-0.39, 0.29) is 0 Å². The molecule has 0 saturated heterocycles. The molecule has 0 heterocycles. The van der Waals surface area contributed by atoms with Gasteiger partial charge in [-0.2, -0.15) is 0 Å². The van der Waals surface area contributed by atoms with Gasteiger partial charge in [0.25, 0.3) is 0 Å². The topological polar surface area (TPSA) is 0 Å². The molecule has 4 atom stereocenters. The SMILES string of the molecule is CCC1=CCC2(C)C(C)CCC(C)C2C1. The summed E-state index contributed by atoms with van der Waals surface area (Å²) in [5, 5.41) is 0. The number of fused-ring (bicyclic) bond motifs is 1. The minimum Gasteiger partial charge on any atom is -0.0848 e. The Morgan fingerprint density at radius 3 is 2.73 bits per heavy atom. The molecule has 2 rings (SSSR count). The van der Waals surface area contributed by atoms with Crippen molar-refractivity contribution in [2.45, 2.75) is 59.8 Å². The highest BCUT2D eigenvalue weighted by molar-refractivity contribution is 5.14. The molecule has 0 aliphatic heterocycles. The lowest BCUT2D eigenvalue weighted by Gasteiger charge is -2.52. The van der Waals surface area contributed by atoms with Crippen LogP contribution in [0.5, 0.6) is 0 Å². The standard InChI is InChI=1S/C15H26/c1-5-13-8-9-15(4)12(3)7-6-11(2)14(15)10-13/h8,11-12,14H,5-7,9-10H2,1-4H3. The van der Waals surface area contributed by atoms with E-state index in [4.69, 9.17) is 0 Å². The fourth-order valence-electron chi connectivity index (χ4n) is 3.86. The molecule has 0 amide bonds. The van der Waals surface area contributed by atoms with Crippen LogP contribution in [0, 0.1) is 23.2 Å². The van der Waals surface area contributed by atoms with Crippen LogP contribution in [0.15, 0.2) is 11.6 Å². The fourth-order valence-corrected chi connectivity index (χ4v) is 3.86. The molecule has 2 aliphatic carbocycles. The van der Waals surface area contributed by atoms with E-state index >= 15 is 0 Å². The lowest BCUT2D eigenvalue weighted by atomic mass is 9.53. The molecular formula is C15H26. The molecule has 0 spiro atoms. The van der Waals surface area contributed by atoms with Crippen LogP contribution >= 0.6 is 0 Å². The molecule has 15 heavy (non-hydrogen) atoms. The summed E-state index contributed by atoms with van der Waals surface area (Å²) in [4.78, 5) is 0. The van der Waals surface area contributed by atoms with E-state index < -0.39 is 0 Å². The third kappa shape index (κ3) is 1.77. The van der Waals surface area contributed by atoms with Gasteiger partial charge < -0.3 is 0 Å². The first-order chi connectivity index (χ1) is 7.08. The van der Waals surface area contributed by atoms with E-state index in [1.54, 1.807) is 5.57 Å².